The number of amidine groups is 1. The van der Waals surface area contributed by atoms with Crippen LogP contribution in [-0.2, 0) is 6.54 Å². The van der Waals surface area contributed by atoms with Crippen molar-refractivity contribution >= 4 is 22.2 Å². The average molecular weight is 515 g/mol. The molecule has 2 heterocycles. The van der Waals surface area contributed by atoms with Crippen LogP contribution in [0.5, 0.6) is 0 Å². The van der Waals surface area contributed by atoms with E-state index in [2.05, 4.69) is 119 Å². The molecule has 5 aromatic rings. The fourth-order valence-corrected chi connectivity index (χ4v) is 5.80. The number of benzene rings is 4. The molecular weight excluding hydrogens is 484 g/mol. The van der Waals surface area contributed by atoms with E-state index < -0.39 is 0 Å². The Morgan fingerprint density at radius 2 is 1.21 bits per heavy atom. The highest BCUT2D eigenvalue weighted by Crippen LogP contribution is 2.40. The Hall–Kier alpha value is -4.06. The zero-order valence-corrected chi connectivity index (χ0v) is 22.1. The quantitative estimate of drug-likeness (QED) is 0.175. The van der Waals surface area contributed by atoms with Crippen molar-refractivity contribution in [1.82, 2.24) is 14.8 Å². The van der Waals surface area contributed by atoms with Gasteiger partial charge in [0.2, 0.25) is 0 Å². The number of nitrogens with zero attached hydrogens (tertiary/aromatic N) is 4. The number of thiazole rings is 1. The lowest BCUT2D eigenvalue weighted by Crippen LogP contribution is -2.48. The van der Waals surface area contributed by atoms with Gasteiger partial charge in [0.15, 0.2) is 0 Å². The lowest BCUT2D eigenvalue weighted by Gasteiger charge is -2.36. The molecule has 0 aliphatic carbocycles. The maximum Gasteiger partial charge on any atom is 0.146 e. The van der Waals surface area contributed by atoms with Crippen molar-refractivity contribution in [3.8, 4) is 21.8 Å². The zero-order valence-electron chi connectivity index (χ0n) is 21.3. The Labute approximate surface area is 228 Å². The van der Waals surface area contributed by atoms with E-state index in [9.17, 15) is 0 Å². The summed E-state index contributed by atoms with van der Waals surface area (Å²) in [6.07, 6.45) is 0. The second-order valence-electron chi connectivity index (χ2n) is 9.46. The summed E-state index contributed by atoms with van der Waals surface area (Å²) in [6, 6.07) is 42.1. The SMILES string of the molecule is c1ccc(CN2CCN(C(=Nc3sc(-c4ccccc4)nc3-c3ccccc3)c3ccccc3)CC2)cc1. The van der Waals surface area contributed by atoms with Gasteiger partial charge in [-0.25, -0.2) is 9.98 Å². The van der Waals surface area contributed by atoms with Crippen molar-refractivity contribution in [1.29, 1.82) is 0 Å². The summed E-state index contributed by atoms with van der Waals surface area (Å²) >= 11 is 1.66. The van der Waals surface area contributed by atoms with Gasteiger partial charge in [-0.3, -0.25) is 4.90 Å². The molecule has 0 bridgehead atoms. The second-order valence-corrected chi connectivity index (χ2v) is 10.4. The highest BCUT2D eigenvalue weighted by atomic mass is 32.1. The van der Waals surface area contributed by atoms with Crippen molar-refractivity contribution in [3.05, 3.63) is 132 Å². The summed E-state index contributed by atoms with van der Waals surface area (Å²) < 4.78 is 0. The molecule has 188 valence electrons. The van der Waals surface area contributed by atoms with Crippen LogP contribution < -0.4 is 0 Å². The summed E-state index contributed by atoms with van der Waals surface area (Å²) in [5, 5.41) is 1.93. The molecule has 1 aliphatic heterocycles. The van der Waals surface area contributed by atoms with Crippen LogP contribution in [0.2, 0.25) is 0 Å². The Balaban J connectivity index is 1.35. The lowest BCUT2D eigenvalue weighted by atomic mass is 10.1. The highest BCUT2D eigenvalue weighted by Gasteiger charge is 2.23. The van der Waals surface area contributed by atoms with Crippen molar-refractivity contribution in [2.45, 2.75) is 6.54 Å². The van der Waals surface area contributed by atoms with Gasteiger partial charge in [-0.2, -0.15) is 0 Å². The fraction of sp³-hybridized carbons (Fsp3) is 0.152. The first-order chi connectivity index (χ1) is 18.8. The predicted octanol–water partition coefficient (Wildman–Crippen LogP) is 7.37. The monoisotopic (exact) mass is 514 g/mol. The zero-order chi connectivity index (χ0) is 25.6. The number of hydrogen-bond donors (Lipinski definition) is 0. The molecule has 4 aromatic carbocycles. The third-order valence-electron chi connectivity index (χ3n) is 6.84. The first-order valence-corrected chi connectivity index (χ1v) is 13.9. The number of aliphatic imine (C=N–C) groups is 1. The van der Waals surface area contributed by atoms with E-state index in [4.69, 9.17) is 9.98 Å². The van der Waals surface area contributed by atoms with Crippen LogP contribution in [0.4, 0.5) is 5.00 Å². The van der Waals surface area contributed by atoms with Crippen molar-refractivity contribution < 1.29 is 0 Å². The highest BCUT2D eigenvalue weighted by molar-refractivity contribution is 7.19. The minimum Gasteiger partial charge on any atom is -0.354 e. The molecule has 0 amide bonds. The van der Waals surface area contributed by atoms with Crippen molar-refractivity contribution in [3.63, 3.8) is 0 Å². The summed E-state index contributed by atoms with van der Waals surface area (Å²) in [5.41, 5.74) is 5.64. The third-order valence-corrected chi connectivity index (χ3v) is 7.84. The molecule has 38 heavy (non-hydrogen) atoms. The van der Waals surface area contributed by atoms with E-state index in [1.165, 1.54) is 5.56 Å². The van der Waals surface area contributed by atoms with Crippen molar-refractivity contribution in [2.24, 2.45) is 4.99 Å². The first-order valence-electron chi connectivity index (χ1n) is 13.1. The normalized spacial score (nSPS) is 14.5. The molecule has 0 saturated carbocycles. The van der Waals surface area contributed by atoms with Crippen molar-refractivity contribution in [2.75, 3.05) is 26.2 Å². The van der Waals surface area contributed by atoms with Crippen LogP contribution in [0.15, 0.2) is 126 Å². The molecule has 5 heteroatoms. The van der Waals surface area contributed by atoms with E-state index in [0.717, 1.165) is 71.0 Å². The Bertz CT molecular complexity index is 1470. The van der Waals surface area contributed by atoms with Gasteiger partial charge in [-0.05, 0) is 5.56 Å². The van der Waals surface area contributed by atoms with Crippen LogP contribution in [0.3, 0.4) is 0 Å². The molecule has 0 unspecified atom stereocenters. The van der Waals surface area contributed by atoms with Gasteiger partial charge in [0, 0.05) is 49.4 Å². The molecule has 1 aliphatic rings. The maximum absolute atomic E-state index is 5.36. The lowest BCUT2D eigenvalue weighted by molar-refractivity contribution is 0.176. The van der Waals surface area contributed by atoms with Crippen LogP contribution in [0.1, 0.15) is 11.1 Å². The molecule has 0 atom stereocenters. The van der Waals surface area contributed by atoms with E-state index in [1.807, 2.05) is 12.1 Å². The van der Waals surface area contributed by atoms with Gasteiger partial charge in [0.1, 0.15) is 21.5 Å². The Morgan fingerprint density at radius 3 is 1.84 bits per heavy atom. The Morgan fingerprint density at radius 1 is 0.658 bits per heavy atom. The molecule has 0 spiro atoms. The fourth-order valence-electron chi connectivity index (χ4n) is 4.84. The van der Waals surface area contributed by atoms with Crippen LogP contribution in [0.25, 0.3) is 21.8 Å². The van der Waals surface area contributed by atoms with Gasteiger partial charge < -0.3 is 4.90 Å². The molecule has 6 rings (SSSR count). The number of aromatic nitrogens is 1. The molecule has 4 nitrogen and oxygen atoms in total. The number of rotatable bonds is 6. The topological polar surface area (TPSA) is 31.7 Å². The Kier molecular flexibility index (Phi) is 7.38. The summed E-state index contributed by atoms with van der Waals surface area (Å²) in [6.45, 7) is 4.87. The van der Waals surface area contributed by atoms with Gasteiger partial charge in [-0.15, -0.1) is 0 Å². The van der Waals surface area contributed by atoms with Gasteiger partial charge in [0.25, 0.3) is 0 Å². The molecule has 0 radical (unpaired) electrons. The van der Waals surface area contributed by atoms with Gasteiger partial charge in [-0.1, -0.05) is 133 Å². The standard InChI is InChI=1S/C33H30N4S/c1-5-13-26(14-6-1)25-36-21-23-37(24-22-36)31(28-17-9-3-10-18-28)35-33-30(27-15-7-2-8-16-27)34-32(38-33)29-19-11-4-12-20-29/h1-20H,21-25H2. The summed E-state index contributed by atoms with van der Waals surface area (Å²) in [5.74, 6) is 1.02. The van der Waals surface area contributed by atoms with Crippen LogP contribution in [-0.4, -0.2) is 46.8 Å². The minimum absolute atomic E-state index is 0.936. The molecule has 1 fully saturated rings. The minimum atomic E-state index is 0.936. The van der Waals surface area contributed by atoms with E-state index in [0.29, 0.717) is 0 Å². The van der Waals surface area contributed by atoms with E-state index in [1.54, 1.807) is 11.3 Å². The first kappa shape index (κ1) is 24.3. The molecule has 1 saturated heterocycles. The summed E-state index contributed by atoms with van der Waals surface area (Å²) in [4.78, 5) is 15.4. The van der Waals surface area contributed by atoms with Gasteiger partial charge >= 0.3 is 0 Å². The van der Waals surface area contributed by atoms with Gasteiger partial charge in [0.05, 0.1) is 0 Å². The number of piperazine rings is 1. The van der Waals surface area contributed by atoms with Crippen LogP contribution in [0, 0.1) is 0 Å². The summed E-state index contributed by atoms with van der Waals surface area (Å²) in [7, 11) is 0. The van der Waals surface area contributed by atoms with E-state index >= 15 is 0 Å². The maximum atomic E-state index is 5.36. The molecular formula is C33H30N4S. The smallest absolute Gasteiger partial charge is 0.146 e. The number of hydrogen-bond acceptors (Lipinski definition) is 4. The second kappa shape index (κ2) is 11.5. The molecule has 0 N–H and O–H groups in total. The predicted molar refractivity (Wildman–Crippen MR) is 159 cm³/mol. The largest absolute Gasteiger partial charge is 0.354 e. The third kappa shape index (κ3) is 5.59. The van der Waals surface area contributed by atoms with E-state index in [-0.39, 0.29) is 0 Å². The average Bonchev–Trinajstić information content (AvgIpc) is 3.42. The van der Waals surface area contributed by atoms with Crippen LogP contribution >= 0.6 is 11.3 Å². The molecule has 1 aromatic heterocycles.